The summed E-state index contributed by atoms with van der Waals surface area (Å²) in [4.78, 5) is 15.6. The third kappa shape index (κ3) is 3.49. The lowest BCUT2D eigenvalue weighted by molar-refractivity contribution is 0.0995. The molecule has 0 spiro atoms. The maximum Gasteiger partial charge on any atom is 0.258 e. The smallest absolute Gasteiger partial charge is 0.258 e. The Bertz CT molecular complexity index is 831. The normalized spacial score (nSPS) is 10.5. The highest BCUT2D eigenvalue weighted by Crippen LogP contribution is 2.21. The van der Waals surface area contributed by atoms with E-state index >= 15 is 0 Å². The molecule has 1 aromatic heterocycles. The minimum atomic E-state index is -0.560. The van der Waals surface area contributed by atoms with Gasteiger partial charge in [0, 0.05) is 10.6 Å². The highest BCUT2D eigenvalue weighted by molar-refractivity contribution is 6.30. The predicted molar refractivity (Wildman–Crippen MR) is 84.0 cm³/mol. The van der Waals surface area contributed by atoms with E-state index in [1.165, 1.54) is 0 Å². The first-order valence-corrected chi connectivity index (χ1v) is 7.11. The summed E-state index contributed by atoms with van der Waals surface area (Å²) in [6, 6.07) is 13.7. The van der Waals surface area contributed by atoms with Crippen LogP contribution in [0.15, 0.2) is 53.1 Å². The van der Waals surface area contributed by atoms with Crippen molar-refractivity contribution in [1.29, 1.82) is 0 Å². The summed E-state index contributed by atoms with van der Waals surface area (Å²) in [5.41, 5.74) is 6.35. The molecule has 0 fully saturated rings. The minimum absolute atomic E-state index is 0.0569. The van der Waals surface area contributed by atoms with Gasteiger partial charge >= 0.3 is 0 Å². The van der Waals surface area contributed by atoms with E-state index in [-0.39, 0.29) is 6.61 Å². The average molecular weight is 330 g/mol. The third-order valence-electron chi connectivity index (χ3n) is 3.07. The number of ether oxygens (including phenoxy) is 1. The number of carbonyl (C=O) groups is 1. The van der Waals surface area contributed by atoms with Crippen molar-refractivity contribution < 1.29 is 14.1 Å². The maximum absolute atomic E-state index is 11.3. The van der Waals surface area contributed by atoms with E-state index in [4.69, 9.17) is 26.6 Å². The lowest BCUT2D eigenvalue weighted by Crippen LogP contribution is -2.13. The van der Waals surface area contributed by atoms with Gasteiger partial charge in [0.2, 0.25) is 5.82 Å². The van der Waals surface area contributed by atoms with Crippen LogP contribution in [0.5, 0.6) is 5.75 Å². The topological polar surface area (TPSA) is 91.2 Å². The van der Waals surface area contributed by atoms with Crippen molar-refractivity contribution >= 4 is 17.5 Å². The van der Waals surface area contributed by atoms with Gasteiger partial charge in [0.05, 0.1) is 5.56 Å². The van der Waals surface area contributed by atoms with Crippen molar-refractivity contribution in [2.45, 2.75) is 6.61 Å². The van der Waals surface area contributed by atoms with E-state index in [1.807, 2.05) is 0 Å². The first-order valence-electron chi connectivity index (χ1n) is 6.73. The van der Waals surface area contributed by atoms with Gasteiger partial charge in [-0.15, -0.1) is 0 Å². The zero-order chi connectivity index (χ0) is 16.2. The van der Waals surface area contributed by atoms with Gasteiger partial charge in [-0.25, -0.2) is 0 Å². The summed E-state index contributed by atoms with van der Waals surface area (Å²) in [6.45, 7) is 0.0569. The molecule has 0 bridgehead atoms. The Morgan fingerprint density at radius 3 is 2.65 bits per heavy atom. The van der Waals surface area contributed by atoms with Crippen LogP contribution in [-0.2, 0) is 6.61 Å². The number of para-hydroxylation sites is 1. The van der Waals surface area contributed by atoms with Gasteiger partial charge in [-0.2, -0.15) is 4.98 Å². The van der Waals surface area contributed by atoms with Gasteiger partial charge in [-0.1, -0.05) is 28.9 Å². The Kier molecular flexibility index (Phi) is 4.25. The number of nitrogens with two attached hydrogens (primary N) is 1. The molecular formula is C16H12ClN3O3. The number of aromatic nitrogens is 2. The number of primary amides is 1. The van der Waals surface area contributed by atoms with E-state index in [0.717, 1.165) is 5.56 Å². The zero-order valence-corrected chi connectivity index (χ0v) is 12.7. The summed E-state index contributed by atoms with van der Waals surface area (Å²) >= 11 is 5.84. The number of hydrogen-bond donors (Lipinski definition) is 1. The van der Waals surface area contributed by atoms with Gasteiger partial charge < -0.3 is 15.0 Å². The summed E-state index contributed by atoms with van der Waals surface area (Å²) in [5.74, 6) is 0.533. The number of nitrogens with zero attached hydrogens (tertiary/aromatic N) is 2. The van der Waals surface area contributed by atoms with E-state index < -0.39 is 5.91 Å². The van der Waals surface area contributed by atoms with Gasteiger partial charge in [0.1, 0.15) is 5.75 Å². The maximum atomic E-state index is 11.3. The number of hydrogen-bond acceptors (Lipinski definition) is 5. The molecule has 0 atom stereocenters. The Morgan fingerprint density at radius 2 is 1.91 bits per heavy atom. The van der Waals surface area contributed by atoms with Crippen molar-refractivity contribution in [3.8, 4) is 17.2 Å². The molecule has 23 heavy (non-hydrogen) atoms. The minimum Gasteiger partial charge on any atom is -0.485 e. The van der Waals surface area contributed by atoms with Gasteiger partial charge in [-0.05, 0) is 36.4 Å². The van der Waals surface area contributed by atoms with Crippen LogP contribution in [-0.4, -0.2) is 16.0 Å². The SMILES string of the molecule is NC(=O)c1ccccc1OCc1noc(-c2ccc(Cl)cc2)n1. The molecule has 0 saturated heterocycles. The molecular weight excluding hydrogens is 318 g/mol. The summed E-state index contributed by atoms with van der Waals surface area (Å²) < 4.78 is 10.7. The summed E-state index contributed by atoms with van der Waals surface area (Å²) in [5, 5.41) is 4.47. The van der Waals surface area contributed by atoms with Crippen LogP contribution in [0.3, 0.4) is 0 Å². The zero-order valence-electron chi connectivity index (χ0n) is 11.9. The second kappa shape index (κ2) is 6.50. The number of rotatable bonds is 5. The Morgan fingerprint density at radius 1 is 1.17 bits per heavy atom. The van der Waals surface area contributed by atoms with Crippen LogP contribution in [0, 0.1) is 0 Å². The van der Waals surface area contributed by atoms with Crippen molar-refractivity contribution in [3.63, 3.8) is 0 Å². The molecule has 1 amide bonds. The first kappa shape index (κ1) is 15.1. The van der Waals surface area contributed by atoms with Crippen molar-refractivity contribution in [2.75, 3.05) is 0 Å². The molecule has 0 saturated carbocycles. The molecule has 3 aromatic rings. The molecule has 0 radical (unpaired) electrons. The Balaban J connectivity index is 1.73. The summed E-state index contributed by atoms with van der Waals surface area (Å²) in [7, 11) is 0. The summed E-state index contributed by atoms with van der Waals surface area (Å²) in [6.07, 6.45) is 0. The lowest BCUT2D eigenvalue weighted by Gasteiger charge is -2.06. The molecule has 0 aliphatic carbocycles. The van der Waals surface area contributed by atoms with E-state index in [9.17, 15) is 4.79 Å². The van der Waals surface area contributed by atoms with E-state index in [0.29, 0.717) is 28.1 Å². The second-order valence-electron chi connectivity index (χ2n) is 4.67. The van der Waals surface area contributed by atoms with Crippen LogP contribution in [0.4, 0.5) is 0 Å². The standard InChI is InChI=1S/C16H12ClN3O3/c17-11-7-5-10(6-8-11)16-19-14(20-23-16)9-22-13-4-2-1-3-12(13)15(18)21/h1-8H,9H2,(H2,18,21). The van der Waals surface area contributed by atoms with Crippen LogP contribution in [0.25, 0.3) is 11.5 Å². The van der Waals surface area contributed by atoms with Crippen molar-refractivity contribution in [3.05, 3.63) is 64.9 Å². The van der Waals surface area contributed by atoms with Crippen LogP contribution in [0.2, 0.25) is 5.02 Å². The van der Waals surface area contributed by atoms with Crippen LogP contribution in [0.1, 0.15) is 16.2 Å². The number of benzene rings is 2. The molecule has 6 nitrogen and oxygen atoms in total. The van der Waals surface area contributed by atoms with Crippen LogP contribution >= 0.6 is 11.6 Å². The number of halogens is 1. The first-order chi connectivity index (χ1) is 11.1. The fourth-order valence-corrected chi connectivity index (χ4v) is 2.09. The highest BCUT2D eigenvalue weighted by Gasteiger charge is 2.12. The second-order valence-corrected chi connectivity index (χ2v) is 5.11. The van der Waals surface area contributed by atoms with Gasteiger partial charge in [0.25, 0.3) is 11.8 Å². The van der Waals surface area contributed by atoms with Crippen LogP contribution < -0.4 is 10.5 Å². The van der Waals surface area contributed by atoms with Crippen molar-refractivity contribution in [1.82, 2.24) is 10.1 Å². The quantitative estimate of drug-likeness (QED) is 0.776. The molecule has 0 aliphatic heterocycles. The van der Waals surface area contributed by atoms with Crippen molar-refractivity contribution in [2.24, 2.45) is 5.73 Å². The van der Waals surface area contributed by atoms with E-state index in [1.54, 1.807) is 48.5 Å². The Hall–Kier alpha value is -2.86. The Labute approximate surface area is 136 Å². The molecule has 3 rings (SSSR count). The molecule has 2 aromatic carbocycles. The fourth-order valence-electron chi connectivity index (χ4n) is 1.96. The van der Waals surface area contributed by atoms with Gasteiger partial charge in [0.15, 0.2) is 6.61 Å². The molecule has 0 aliphatic rings. The molecule has 7 heteroatoms. The predicted octanol–water partition coefficient (Wildman–Crippen LogP) is 3.07. The molecule has 2 N–H and O–H groups in total. The highest BCUT2D eigenvalue weighted by atomic mass is 35.5. The third-order valence-corrected chi connectivity index (χ3v) is 3.32. The van der Waals surface area contributed by atoms with E-state index in [2.05, 4.69) is 10.1 Å². The largest absolute Gasteiger partial charge is 0.485 e. The van der Waals surface area contributed by atoms with Gasteiger partial charge in [-0.3, -0.25) is 4.79 Å². The lowest BCUT2D eigenvalue weighted by atomic mass is 10.2. The fraction of sp³-hybridized carbons (Fsp3) is 0.0625. The molecule has 0 unspecified atom stereocenters. The molecule has 116 valence electrons. The number of carbonyl (C=O) groups excluding carboxylic acids is 1. The molecule has 1 heterocycles. The number of amides is 1. The average Bonchev–Trinajstić information content (AvgIpc) is 3.03. The monoisotopic (exact) mass is 329 g/mol.